The third kappa shape index (κ3) is 4.08. The maximum atomic E-state index is 12.5. The Hall–Kier alpha value is -5.36. The van der Waals surface area contributed by atoms with E-state index in [4.69, 9.17) is 9.47 Å². The van der Waals surface area contributed by atoms with Crippen LogP contribution < -0.4 is 4.74 Å². The Balaban J connectivity index is 0.000000168. The fourth-order valence-electron chi connectivity index (χ4n) is 5.00. The molecule has 0 aromatic heterocycles. The molecule has 0 bridgehead atoms. The van der Waals surface area contributed by atoms with Gasteiger partial charge in [0.25, 0.3) is 0 Å². The SMILES string of the molecule is O=C(c1ccccc1)c1ccccc1.O=C1OC2(c3ccc(O)cc3Oc3cc(O)ccc32)c2ccccc21. The number of rotatable bonds is 2. The minimum atomic E-state index is -1.17. The highest BCUT2D eigenvalue weighted by Crippen LogP contribution is 2.56. The molecule has 0 amide bonds. The van der Waals surface area contributed by atoms with E-state index in [1.807, 2.05) is 72.8 Å². The van der Waals surface area contributed by atoms with Gasteiger partial charge in [-0.25, -0.2) is 4.79 Å². The molecule has 5 aromatic carbocycles. The van der Waals surface area contributed by atoms with Gasteiger partial charge in [-0.15, -0.1) is 0 Å². The minimum Gasteiger partial charge on any atom is -0.508 e. The fraction of sp³-hybridized carbons (Fsp3) is 0.0303. The lowest BCUT2D eigenvalue weighted by Crippen LogP contribution is -2.32. The van der Waals surface area contributed by atoms with Crippen LogP contribution in [-0.4, -0.2) is 22.0 Å². The van der Waals surface area contributed by atoms with E-state index in [9.17, 15) is 19.8 Å². The molecule has 5 aromatic rings. The van der Waals surface area contributed by atoms with Gasteiger partial charge in [0.1, 0.15) is 23.0 Å². The van der Waals surface area contributed by atoms with E-state index in [0.29, 0.717) is 33.8 Å². The second-order valence-corrected chi connectivity index (χ2v) is 9.14. The number of phenols is 2. The van der Waals surface area contributed by atoms with Crippen LogP contribution in [0.4, 0.5) is 0 Å². The first-order chi connectivity index (χ1) is 19.0. The maximum Gasteiger partial charge on any atom is 0.340 e. The van der Waals surface area contributed by atoms with Gasteiger partial charge >= 0.3 is 5.97 Å². The minimum absolute atomic E-state index is 0.0371. The number of benzene rings is 5. The molecule has 6 nitrogen and oxygen atoms in total. The largest absolute Gasteiger partial charge is 0.508 e. The summed E-state index contributed by atoms with van der Waals surface area (Å²) < 4.78 is 11.8. The summed E-state index contributed by atoms with van der Waals surface area (Å²) in [6, 6.07) is 35.2. The van der Waals surface area contributed by atoms with Crippen LogP contribution in [0.3, 0.4) is 0 Å². The van der Waals surface area contributed by atoms with Gasteiger partial charge in [0.05, 0.1) is 5.56 Å². The average Bonchev–Trinajstić information content (AvgIpc) is 3.26. The molecule has 2 heterocycles. The average molecular weight is 515 g/mol. The van der Waals surface area contributed by atoms with Crippen LogP contribution in [0.5, 0.6) is 23.0 Å². The molecule has 39 heavy (non-hydrogen) atoms. The number of ether oxygens (including phenoxy) is 2. The molecule has 6 heteroatoms. The van der Waals surface area contributed by atoms with Crippen molar-refractivity contribution in [1.29, 1.82) is 0 Å². The van der Waals surface area contributed by atoms with Crippen LogP contribution in [0.15, 0.2) is 121 Å². The van der Waals surface area contributed by atoms with Crippen molar-refractivity contribution >= 4 is 11.8 Å². The maximum absolute atomic E-state index is 12.5. The second kappa shape index (κ2) is 9.50. The van der Waals surface area contributed by atoms with E-state index >= 15 is 0 Å². The van der Waals surface area contributed by atoms with Crippen molar-refractivity contribution in [2.24, 2.45) is 0 Å². The zero-order valence-electron chi connectivity index (χ0n) is 20.6. The van der Waals surface area contributed by atoms with E-state index in [0.717, 1.165) is 11.1 Å². The number of ketones is 1. The zero-order chi connectivity index (χ0) is 27.0. The fourth-order valence-corrected chi connectivity index (χ4v) is 5.00. The highest BCUT2D eigenvalue weighted by Gasteiger charge is 2.53. The Morgan fingerprint density at radius 1 is 0.590 bits per heavy atom. The van der Waals surface area contributed by atoms with Crippen molar-refractivity contribution < 1.29 is 29.3 Å². The number of fused-ring (bicyclic) bond motifs is 6. The Morgan fingerprint density at radius 3 is 1.62 bits per heavy atom. The smallest absolute Gasteiger partial charge is 0.340 e. The van der Waals surface area contributed by atoms with Gasteiger partial charge in [0.15, 0.2) is 11.4 Å². The Labute approximate surface area is 224 Å². The molecule has 190 valence electrons. The lowest BCUT2D eigenvalue weighted by molar-refractivity contribution is 0.0224. The molecule has 2 N–H and O–H groups in total. The highest BCUT2D eigenvalue weighted by atomic mass is 16.6. The van der Waals surface area contributed by atoms with Gasteiger partial charge in [-0.1, -0.05) is 78.9 Å². The van der Waals surface area contributed by atoms with Crippen molar-refractivity contribution in [3.05, 3.63) is 155 Å². The molecular formula is C33H22O6. The number of phenolic OH excluding ortho intramolecular Hbond substituents is 2. The molecule has 1 spiro atoms. The number of hydrogen-bond donors (Lipinski definition) is 2. The molecule has 7 rings (SSSR count). The third-order valence-electron chi connectivity index (χ3n) is 6.75. The number of hydrogen-bond acceptors (Lipinski definition) is 6. The topological polar surface area (TPSA) is 93.1 Å². The Morgan fingerprint density at radius 2 is 1.08 bits per heavy atom. The van der Waals surface area contributed by atoms with Crippen molar-refractivity contribution in [3.8, 4) is 23.0 Å². The normalized spacial score (nSPS) is 13.6. The van der Waals surface area contributed by atoms with E-state index in [1.165, 1.54) is 24.3 Å². The first kappa shape index (κ1) is 24.0. The summed E-state index contributed by atoms with van der Waals surface area (Å²) in [5, 5.41) is 19.7. The third-order valence-corrected chi connectivity index (χ3v) is 6.75. The monoisotopic (exact) mass is 514 g/mol. The second-order valence-electron chi connectivity index (χ2n) is 9.14. The van der Waals surface area contributed by atoms with E-state index < -0.39 is 11.6 Å². The van der Waals surface area contributed by atoms with Crippen LogP contribution in [0.2, 0.25) is 0 Å². The molecule has 0 atom stereocenters. The van der Waals surface area contributed by atoms with Gasteiger partial charge in [0.2, 0.25) is 0 Å². The summed E-state index contributed by atoms with van der Waals surface area (Å²) in [5.74, 6) is 0.483. The predicted octanol–water partition coefficient (Wildman–Crippen LogP) is 6.58. The molecule has 0 radical (unpaired) electrons. The standard InChI is InChI=1S/C20H12O5.C13H10O/c21-11-5-7-15-17(9-11)24-18-10-12(22)6-8-16(18)20(15)14-4-2-1-3-13(14)19(23)25-20;14-13(11-7-3-1-4-8-11)12-9-5-2-6-10-12/h1-10,21-22H;1-10H. The molecule has 2 aliphatic heterocycles. The van der Waals surface area contributed by atoms with Crippen LogP contribution >= 0.6 is 0 Å². The number of carbonyl (C=O) groups excluding carboxylic acids is 2. The summed E-state index contributed by atoms with van der Waals surface area (Å²) in [5.41, 5.74) is 2.75. The zero-order valence-corrected chi connectivity index (χ0v) is 20.6. The Bertz CT molecular complexity index is 1620. The Kier molecular flexibility index (Phi) is 5.85. The molecule has 0 fully saturated rings. The quantitative estimate of drug-likeness (QED) is 0.204. The summed E-state index contributed by atoms with van der Waals surface area (Å²) >= 11 is 0. The summed E-state index contributed by atoms with van der Waals surface area (Å²) in [4.78, 5) is 24.4. The first-order valence-corrected chi connectivity index (χ1v) is 12.3. The number of carbonyl (C=O) groups is 2. The lowest BCUT2D eigenvalue weighted by atomic mass is 9.77. The van der Waals surface area contributed by atoms with Crippen LogP contribution in [0.25, 0.3) is 0 Å². The van der Waals surface area contributed by atoms with E-state index in [2.05, 4.69) is 0 Å². The number of esters is 1. The first-order valence-electron chi connectivity index (χ1n) is 12.3. The molecule has 0 saturated carbocycles. The van der Waals surface area contributed by atoms with Crippen LogP contribution in [-0.2, 0) is 10.3 Å². The molecule has 0 aliphatic carbocycles. The van der Waals surface area contributed by atoms with Crippen molar-refractivity contribution in [1.82, 2.24) is 0 Å². The van der Waals surface area contributed by atoms with E-state index in [-0.39, 0.29) is 17.3 Å². The summed E-state index contributed by atoms with van der Waals surface area (Å²) in [7, 11) is 0. The van der Waals surface area contributed by atoms with Crippen molar-refractivity contribution in [2.75, 3.05) is 0 Å². The molecule has 2 aliphatic rings. The number of aromatic hydroxyl groups is 2. The van der Waals surface area contributed by atoms with Gasteiger partial charge in [-0.05, 0) is 30.3 Å². The highest BCUT2D eigenvalue weighted by molar-refractivity contribution is 6.08. The van der Waals surface area contributed by atoms with Crippen molar-refractivity contribution in [2.45, 2.75) is 5.60 Å². The predicted molar refractivity (Wildman–Crippen MR) is 144 cm³/mol. The molecule has 0 unspecified atom stereocenters. The van der Waals surface area contributed by atoms with Crippen LogP contribution in [0.1, 0.15) is 43.0 Å². The van der Waals surface area contributed by atoms with E-state index in [1.54, 1.807) is 24.3 Å². The molecule has 0 saturated heterocycles. The summed E-state index contributed by atoms with van der Waals surface area (Å²) in [6.07, 6.45) is 0. The van der Waals surface area contributed by atoms with Crippen LogP contribution in [0, 0.1) is 0 Å². The van der Waals surface area contributed by atoms with Crippen molar-refractivity contribution in [3.63, 3.8) is 0 Å². The molecular weight excluding hydrogens is 492 g/mol. The van der Waals surface area contributed by atoms with Gasteiger partial charge < -0.3 is 19.7 Å². The van der Waals surface area contributed by atoms with Gasteiger partial charge in [-0.3, -0.25) is 4.79 Å². The van der Waals surface area contributed by atoms with Gasteiger partial charge in [0, 0.05) is 39.9 Å². The summed E-state index contributed by atoms with van der Waals surface area (Å²) in [6.45, 7) is 0. The van der Waals surface area contributed by atoms with Gasteiger partial charge in [-0.2, -0.15) is 0 Å². The lowest BCUT2D eigenvalue weighted by Gasteiger charge is -2.36.